The molecule has 5 amide bonds. The fraction of sp³-hybridized carbons (Fsp3) is 0.326. The molecular weight excluding hydrogens is 1350 g/mol. The summed E-state index contributed by atoms with van der Waals surface area (Å²) in [7, 11) is 0. The molecule has 6 N–H and O–H groups in total. The zero-order valence-electron chi connectivity index (χ0n) is 61.5. The van der Waals surface area contributed by atoms with Crippen molar-refractivity contribution in [2.45, 2.75) is 149 Å². The molecule has 0 saturated carbocycles. The van der Waals surface area contributed by atoms with E-state index in [0.29, 0.717) is 82.3 Å². The second kappa shape index (κ2) is 34.0. The lowest BCUT2D eigenvalue weighted by Crippen LogP contribution is -2.49. The number of carbonyl (C=O) groups is 8. The molecule has 9 aromatic rings. The number of amides is 5. The third-order valence-corrected chi connectivity index (χ3v) is 21.0. The molecule has 2 fully saturated rings. The zero-order chi connectivity index (χ0) is 76.3. The Morgan fingerprint density at radius 3 is 1.43 bits per heavy atom. The highest BCUT2D eigenvalue weighted by Crippen LogP contribution is 2.40. The maximum Gasteiger partial charge on any atom is 0.305 e. The number of benzene rings is 5. The number of rotatable bonds is 28. The summed E-state index contributed by atoms with van der Waals surface area (Å²) in [5.41, 5.74) is 13.2. The van der Waals surface area contributed by atoms with Crippen LogP contribution in [0.3, 0.4) is 0 Å². The van der Waals surface area contributed by atoms with E-state index >= 15 is 4.79 Å². The van der Waals surface area contributed by atoms with Gasteiger partial charge in [-0.15, -0.1) is 0 Å². The van der Waals surface area contributed by atoms with Gasteiger partial charge in [0.05, 0.1) is 37.4 Å². The summed E-state index contributed by atoms with van der Waals surface area (Å²) >= 11 is 0. The van der Waals surface area contributed by atoms with E-state index in [2.05, 4.69) is 30.9 Å². The second-order valence-electron chi connectivity index (χ2n) is 28.8. The molecule has 5 aromatic carbocycles. The van der Waals surface area contributed by atoms with Crippen LogP contribution in [0.4, 0.5) is 0 Å². The number of aryl methyl sites for hydroxylation is 4. The van der Waals surface area contributed by atoms with Crippen LogP contribution in [0.25, 0.3) is 44.5 Å². The fourth-order valence-corrected chi connectivity index (χ4v) is 15.5. The first kappa shape index (κ1) is 76.4. The molecule has 107 heavy (non-hydrogen) atoms. The maximum absolute atomic E-state index is 15.3. The van der Waals surface area contributed by atoms with E-state index in [1.807, 2.05) is 122 Å². The molecule has 11 rings (SSSR count). The summed E-state index contributed by atoms with van der Waals surface area (Å²) in [6.07, 6.45) is 12.3. The number of aromatic nitrogens is 4. The first-order valence-corrected chi connectivity index (χ1v) is 36.4. The van der Waals surface area contributed by atoms with Crippen molar-refractivity contribution in [3.8, 4) is 44.5 Å². The monoisotopic (exact) mass is 1440 g/mol. The number of piperidine rings is 2. The molecule has 21 nitrogen and oxygen atoms in total. The Labute approximate surface area is 622 Å². The van der Waals surface area contributed by atoms with Gasteiger partial charge in [-0.05, 0) is 185 Å². The minimum Gasteiger partial charge on any atom is -0.481 e. The van der Waals surface area contributed by atoms with E-state index < -0.39 is 96.7 Å². The summed E-state index contributed by atoms with van der Waals surface area (Å²) in [4.78, 5) is 142. The number of aliphatic carboxylic acids is 3. The SMILES string of the molecule is CC[C@@H](C)[C@H](C(=O)N[C@@H](CC(=O)O)c1cncc(-c2c(C)cccc2C)c1)n1ccc(-c2ccc(C)c(-c3cncc([C@H](CC(=O)O)NC(=O)[C@@H](c4ccccc4)N4CC(Cc5cccc(C)c5-c5cncc([C@H](CC(=O)O)NC(=O)[C@H](c6ccccc6)N6CC(C)CCC6=O)c5)CCC4=O)c3)c2C)cc1=O. The number of hydrogen-bond donors (Lipinski definition) is 6. The molecule has 2 aliphatic heterocycles. The highest BCUT2D eigenvalue weighted by atomic mass is 16.4. The summed E-state index contributed by atoms with van der Waals surface area (Å²) in [6.45, 7) is 16.1. The summed E-state index contributed by atoms with van der Waals surface area (Å²) in [5, 5.41) is 40.0. The van der Waals surface area contributed by atoms with Crippen LogP contribution in [0.2, 0.25) is 0 Å². The van der Waals surface area contributed by atoms with Crippen molar-refractivity contribution >= 4 is 47.4 Å². The third kappa shape index (κ3) is 17.8. The van der Waals surface area contributed by atoms with Crippen molar-refractivity contribution < 1.29 is 53.7 Å². The number of nitrogens with zero attached hydrogens (tertiary/aromatic N) is 6. The topological polar surface area (TPSA) is 300 Å². The fourth-order valence-electron chi connectivity index (χ4n) is 15.5. The Morgan fingerprint density at radius 2 is 0.935 bits per heavy atom. The van der Waals surface area contributed by atoms with Crippen molar-refractivity contribution in [3.05, 3.63) is 254 Å². The maximum atomic E-state index is 15.3. The molecule has 0 spiro atoms. The molecule has 4 aromatic heterocycles. The lowest BCUT2D eigenvalue weighted by Gasteiger charge is -2.38. The number of likely N-dealkylation sites (tertiary alicyclic amines) is 2. The minimum absolute atomic E-state index is 0.111. The van der Waals surface area contributed by atoms with E-state index in [0.717, 1.165) is 55.6 Å². The van der Waals surface area contributed by atoms with Gasteiger partial charge in [-0.2, -0.15) is 0 Å². The quantitative estimate of drug-likeness (QED) is 0.0266. The molecule has 0 bridgehead atoms. The minimum atomic E-state index is -1.20. The van der Waals surface area contributed by atoms with Gasteiger partial charge in [-0.3, -0.25) is 58.1 Å². The molecule has 2 unspecified atom stereocenters. The van der Waals surface area contributed by atoms with Crippen LogP contribution >= 0.6 is 0 Å². The number of pyridine rings is 4. The number of carbonyl (C=O) groups excluding carboxylic acids is 5. The zero-order valence-corrected chi connectivity index (χ0v) is 61.5. The summed E-state index contributed by atoms with van der Waals surface area (Å²) < 4.78 is 1.38. The van der Waals surface area contributed by atoms with Crippen molar-refractivity contribution in [3.63, 3.8) is 0 Å². The van der Waals surface area contributed by atoms with Gasteiger partial charge in [0, 0.05) is 92.1 Å². The molecule has 2 saturated heterocycles. The average Bonchev–Trinajstić information content (AvgIpc) is 0.783. The Morgan fingerprint density at radius 1 is 0.486 bits per heavy atom. The number of carboxylic acids is 3. The van der Waals surface area contributed by atoms with Crippen molar-refractivity contribution in [1.82, 2.24) is 45.3 Å². The Bertz CT molecular complexity index is 4870. The van der Waals surface area contributed by atoms with E-state index in [4.69, 9.17) is 0 Å². The lowest BCUT2D eigenvalue weighted by atomic mass is 9.85. The second-order valence-corrected chi connectivity index (χ2v) is 28.8. The van der Waals surface area contributed by atoms with E-state index in [9.17, 15) is 53.7 Å². The molecule has 2 aliphatic rings. The van der Waals surface area contributed by atoms with Gasteiger partial charge in [-0.1, -0.05) is 136 Å². The third-order valence-electron chi connectivity index (χ3n) is 21.0. The highest BCUT2D eigenvalue weighted by molar-refractivity contribution is 5.91. The normalized spacial score (nSPS) is 16.5. The molecule has 552 valence electrons. The van der Waals surface area contributed by atoms with Crippen LogP contribution in [0.1, 0.15) is 170 Å². The predicted molar refractivity (Wildman–Crippen MR) is 407 cm³/mol. The van der Waals surface area contributed by atoms with Gasteiger partial charge >= 0.3 is 17.9 Å². The van der Waals surface area contributed by atoms with Crippen LogP contribution in [0.5, 0.6) is 0 Å². The predicted octanol–water partition coefficient (Wildman–Crippen LogP) is 13.6. The Kier molecular flexibility index (Phi) is 24.3. The van der Waals surface area contributed by atoms with Crippen molar-refractivity contribution in [2.75, 3.05) is 13.1 Å². The Balaban J connectivity index is 0.833. The van der Waals surface area contributed by atoms with Gasteiger partial charge in [-0.25, -0.2) is 0 Å². The lowest BCUT2D eigenvalue weighted by molar-refractivity contribution is -0.145. The van der Waals surface area contributed by atoms with Crippen LogP contribution in [0.15, 0.2) is 188 Å². The molecule has 21 heteroatoms. The summed E-state index contributed by atoms with van der Waals surface area (Å²) in [5.74, 6) is -5.95. The highest BCUT2D eigenvalue weighted by Gasteiger charge is 2.40. The number of carboxylic acid groups (broad SMARTS) is 3. The molecule has 6 heterocycles. The van der Waals surface area contributed by atoms with Gasteiger partial charge in [0.2, 0.25) is 29.5 Å². The average molecular weight is 1440 g/mol. The van der Waals surface area contributed by atoms with E-state index in [1.165, 1.54) is 23.0 Å². The number of hydrogen-bond acceptors (Lipinski definition) is 12. The van der Waals surface area contributed by atoms with Crippen molar-refractivity contribution in [1.29, 1.82) is 0 Å². The van der Waals surface area contributed by atoms with Gasteiger partial charge in [0.1, 0.15) is 18.1 Å². The largest absolute Gasteiger partial charge is 0.481 e. The van der Waals surface area contributed by atoms with Gasteiger partial charge in [0.15, 0.2) is 0 Å². The number of nitrogens with one attached hydrogen (secondary N) is 3. The standard InChI is InChI=1S/C86H91N9O12/c1-9-51(3)81(84(105)90-69(39-75(99)100)62-35-65(45-87-42-62)78-52(4)18-16-19-53(78)5)93-33-32-60(38-74(93)98)68-29-27-55(7)79(56(68)8)66-36-63(43-88-46-66)70(40-76(101)102)92-86(107)83(59-23-14-11-15-24-59)95-49-57(28-31-73(95)97)34-61-25-17-20-54(6)80(61)67-37-64(44-89-47-67)71(41-77(103)104)91-85(106)82(58-21-12-10-13-22-58)94-48-50(2)26-30-72(94)96/h10-25,27,29,32-33,35-38,42-47,50-51,57,69-71,81-83H,9,26,28,30-31,34,39-41,48-49H2,1-8H3,(H,90,105)(H,91,106)(H,92,107)(H,99,100)(H,101,102)(H,103,104)/t50?,51-,57?,69+,70+,71+,81-,82+,83-/m1/s1. The molecular formula is C86H91N9O12. The van der Waals surface area contributed by atoms with Crippen LogP contribution in [-0.2, 0) is 44.8 Å². The van der Waals surface area contributed by atoms with Gasteiger partial charge < -0.3 is 45.6 Å². The van der Waals surface area contributed by atoms with Gasteiger partial charge in [0.25, 0.3) is 5.56 Å². The van der Waals surface area contributed by atoms with Crippen LogP contribution < -0.4 is 21.5 Å². The smallest absolute Gasteiger partial charge is 0.305 e. The van der Waals surface area contributed by atoms with E-state index in [1.54, 1.807) is 108 Å². The summed E-state index contributed by atoms with van der Waals surface area (Å²) in [6, 6.07) is 35.8. The molecule has 0 radical (unpaired) electrons. The Hall–Kier alpha value is -11.7. The molecule has 0 aliphatic carbocycles. The first-order valence-electron chi connectivity index (χ1n) is 36.4. The van der Waals surface area contributed by atoms with Crippen LogP contribution in [-0.4, -0.2) is 105 Å². The molecule has 9 atom stereocenters. The van der Waals surface area contributed by atoms with Crippen LogP contribution in [0, 0.1) is 52.4 Å². The van der Waals surface area contributed by atoms with E-state index in [-0.39, 0.29) is 49.0 Å². The van der Waals surface area contributed by atoms with Crippen molar-refractivity contribution in [2.24, 2.45) is 17.8 Å². The first-order chi connectivity index (χ1) is 51.3.